The molecule has 6 N–H and O–H groups in total. The second-order valence-electron chi connectivity index (χ2n) is 7.00. The summed E-state index contributed by atoms with van der Waals surface area (Å²) in [5, 5.41) is 49.2. The van der Waals surface area contributed by atoms with Gasteiger partial charge in [-0.2, -0.15) is 8.42 Å². The fourth-order valence-corrected chi connectivity index (χ4v) is 3.61. The summed E-state index contributed by atoms with van der Waals surface area (Å²) in [4.78, 5) is 0. The van der Waals surface area contributed by atoms with Crippen LogP contribution in [0.2, 0.25) is 0 Å². The maximum absolute atomic E-state index is 11.0. The first kappa shape index (κ1) is 23.9. The first-order valence-corrected chi connectivity index (χ1v) is 10.7. The predicted octanol–water partition coefficient (Wildman–Crippen LogP) is 0.274. The SMILES string of the molecule is O=S(=O)(O)O[C@H]1[C@H](O)[C@@H](O)[C@H](Oc2cc(O)cc(/C=C\c3ccc(O)cc3)c2)O[C@@H]1CO. The number of rotatable bonds is 7. The molecule has 0 amide bonds. The summed E-state index contributed by atoms with van der Waals surface area (Å²) in [6.45, 7) is -0.815. The van der Waals surface area contributed by atoms with Crippen molar-refractivity contribution in [2.45, 2.75) is 30.7 Å². The lowest BCUT2D eigenvalue weighted by atomic mass is 9.99. The van der Waals surface area contributed by atoms with Gasteiger partial charge >= 0.3 is 10.4 Å². The van der Waals surface area contributed by atoms with Gasteiger partial charge in [0.15, 0.2) is 0 Å². The average Bonchev–Trinajstić information content (AvgIpc) is 2.72. The van der Waals surface area contributed by atoms with E-state index in [-0.39, 0.29) is 17.2 Å². The van der Waals surface area contributed by atoms with Gasteiger partial charge in [0.05, 0.1) is 6.61 Å². The maximum Gasteiger partial charge on any atom is 0.397 e. The molecule has 1 heterocycles. The molecule has 0 bridgehead atoms. The van der Waals surface area contributed by atoms with Crippen molar-refractivity contribution in [3.05, 3.63) is 53.6 Å². The third-order valence-corrected chi connectivity index (χ3v) is 5.05. The van der Waals surface area contributed by atoms with E-state index in [1.54, 1.807) is 24.3 Å². The third-order valence-electron chi connectivity index (χ3n) is 4.58. The molecule has 1 fully saturated rings. The van der Waals surface area contributed by atoms with Crippen LogP contribution in [0.25, 0.3) is 12.2 Å². The number of aliphatic hydroxyl groups excluding tert-OH is 3. The van der Waals surface area contributed by atoms with E-state index in [1.807, 2.05) is 0 Å². The van der Waals surface area contributed by atoms with E-state index in [0.717, 1.165) is 5.56 Å². The summed E-state index contributed by atoms with van der Waals surface area (Å²) in [6.07, 6.45) is -5.13. The molecule has 2 aromatic carbocycles. The average molecular weight is 470 g/mol. The van der Waals surface area contributed by atoms with Crippen LogP contribution in [0, 0.1) is 0 Å². The van der Waals surface area contributed by atoms with Crippen LogP contribution in [0.4, 0.5) is 0 Å². The Kier molecular flexibility index (Phi) is 7.36. The van der Waals surface area contributed by atoms with Gasteiger partial charge in [0.2, 0.25) is 6.29 Å². The highest BCUT2D eigenvalue weighted by molar-refractivity contribution is 7.80. The van der Waals surface area contributed by atoms with Crippen molar-refractivity contribution >= 4 is 22.6 Å². The smallest absolute Gasteiger partial charge is 0.397 e. The van der Waals surface area contributed by atoms with Crippen LogP contribution in [-0.4, -0.2) is 75.8 Å². The molecule has 0 saturated carbocycles. The van der Waals surface area contributed by atoms with E-state index in [1.165, 1.54) is 30.3 Å². The molecular formula is C20H22O11S. The zero-order valence-corrected chi connectivity index (χ0v) is 17.2. The fraction of sp³-hybridized carbons (Fsp3) is 0.300. The van der Waals surface area contributed by atoms with Gasteiger partial charge in [0.25, 0.3) is 0 Å². The van der Waals surface area contributed by atoms with Crippen LogP contribution >= 0.6 is 0 Å². The molecule has 12 heteroatoms. The lowest BCUT2D eigenvalue weighted by Crippen LogP contribution is -2.61. The van der Waals surface area contributed by atoms with Crippen LogP contribution in [-0.2, 0) is 19.3 Å². The molecule has 0 unspecified atom stereocenters. The van der Waals surface area contributed by atoms with E-state index in [0.29, 0.717) is 5.56 Å². The van der Waals surface area contributed by atoms with Crippen molar-refractivity contribution in [2.75, 3.05) is 6.61 Å². The van der Waals surface area contributed by atoms with Crippen molar-refractivity contribution in [1.29, 1.82) is 0 Å². The van der Waals surface area contributed by atoms with E-state index in [9.17, 15) is 34.0 Å². The van der Waals surface area contributed by atoms with E-state index < -0.39 is 47.7 Å². The standard InChI is InChI=1S/C20H22O11S/c21-10-16-19(31-32(26,27)28)17(24)18(25)20(30-16)29-15-8-12(7-14(23)9-15)2-1-11-3-5-13(22)6-4-11/h1-9,16-25H,10H2,(H,26,27,28)/b2-1-/t16-,17-,18-,19-,20-/m1/s1. The topological polar surface area (TPSA) is 183 Å². The van der Waals surface area contributed by atoms with Crippen LogP contribution in [0.1, 0.15) is 11.1 Å². The number of benzene rings is 2. The Morgan fingerprint density at radius 3 is 2.22 bits per heavy atom. The Bertz CT molecular complexity index is 1050. The van der Waals surface area contributed by atoms with Crippen molar-refractivity contribution in [1.82, 2.24) is 0 Å². The first-order valence-electron chi connectivity index (χ1n) is 9.32. The van der Waals surface area contributed by atoms with Crippen molar-refractivity contribution < 1.29 is 52.2 Å². The lowest BCUT2D eigenvalue weighted by molar-refractivity contribution is -0.272. The summed E-state index contributed by atoms with van der Waals surface area (Å²) in [6, 6.07) is 10.5. The van der Waals surface area contributed by atoms with Crippen LogP contribution < -0.4 is 4.74 Å². The molecule has 1 aliphatic heterocycles. The zero-order valence-electron chi connectivity index (χ0n) is 16.4. The van der Waals surface area contributed by atoms with Gasteiger partial charge in [0, 0.05) is 6.07 Å². The number of aliphatic hydroxyl groups is 3. The highest BCUT2D eigenvalue weighted by atomic mass is 32.3. The Morgan fingerprint density at radius 2 is 1.59 bits per heavy atom. The molecule has 3 rings (SSSR count). The molecule has 2 aromatic rings. The first-order chi connectivity index (χ1) is 15.1. The minimum Gasteiger partial charge on any atom is -0.508 e. The second kappa shape index (κ2) is 9.83. The van der Waals surface area contributed by atoms with Gasteiger partial charge in [-0.1, -0.05) is 24.3 Å². The summed E-state index contributed by atoms with van der Waals surface area (Å²) >= 11 is 0. The van der Waals surface area contributed by atoms with Crippen LogP contribution in [0.3, 0.4) is 0 Å². The molecular weight excluding hydrogens is 448 g/mol. The Morgan fingerprint density at radius 1 is 0.938 bits per heavy atom. The number of phenols is 2. The lowest BCUT2D eigenvalue weighted by Gasteiger charge is -2.40. The molecule has 32 heavy (non-hydrogen) atoms. The van der Waals surface area contributed by atoms with Gasteiger partial charge in [-0.05, 0) is 35.4 Å². The van der Waals surface area contributed by atoms with Crippen molar-refractivity contribution in [3.8, 4) is 17.2 Å². The summed E-state index contributed by atoms with van der Waals surface area (Å²) in [5.41, 5.74) is 1.28. The second-order valence-corrected chi connectivity index (χ2v) is 8.05. The number of ether oxygens (including phenoxy) is 2. The molecule has 11 nitrogen and oxygen atoms in total. The zero-order chi connectivity index (χ0) is 23.5. The van der Waals surface area contributed by atoms with E-state index in [4.69, 9.17) is 14.0 Å². The molecule has 0 spiro atoms. The van der Waals surface area contributed by atoms with Gasteiger partial charge in [-0.15, -0.1) is 0 Å². The molecule has 1 saturated heterocycles. The molecule has 0 radical (unpaired) electrons. The maximum atomic E-state index is 11.0. The minimum atomic E-state index is -5.00. The Hall–Kier alpha value is -2.71. The van der Waals surface area contributed by atoms with Crippen molar-refractivity contribution in [3.63, 3.8) is 0 Å². The van der Waals surface area contributed by atoms with Crippen molar-refractivity contribution in [2.24, 2.45) is 0 Å². The monoisotopic (exact) mass is 470 g/mol. The number of hydrogen-bond acceptors (Lipinski definition) is 10. The molecule has 0 aromatic heterocycles. The van der Waals surface area contributed by atoms with Gasteiger partial charge in [0.1, 0.15) is 41.7 Å². The summed E-state index contributed by atoms with van der Waals surface area (Å²) in [5.74, 6) is -0.0173. The van der Waals surface area contributed by atoms with Gasteiger partial charge < -0.3 is 35.0 Å². The predicted molar refractivity (Wildman–Crippen MR) is 110 cm³/mol. The Labute approximate surface area is 183 Å². The quantitative estimate of drug-likeness (QED) is 0.241. The Balaban J connectivity index is 1.77. The summed E-state index contributed by atoms with van der Waals surface area (Å²) in [7, 11) is -5.00. The molecule has 174 valence electrons. The van der Waals surface area contributed by atoms with Crippen LogP contribution in [0.5, 0.6) is 17.2 Å². The van der Waals surface area contributed by atoms with E-state index >= 15 is 0 Å². The molecule has 1 aliphatic rings. The largest absolute Gasteiger partial charge is 0.508 e. The normalized spacial score (nSPS) is 26.3. The highest BCUT2D eigenvalue weighted by Crippen LogP contribution is 2.29. The molecule has 5 atom stereocenters. The number of hydrogen-bond donors (Lipinski definition) is 6. The van der Waals surface area contributed by atoms with Crippen LogP contribution in [0.15, 0.2) is 42.5 Å². The molecule has 0 aliphatic carbocycles. The highest BCUT2D eigenvalue weighted by Gasteiger charge is 2.48. The third kappa shape index (κ3) is 6.17. The fourth-order valence-electron chi connectivity index (χ4n) is 3.09. The minimum absolute atomic E-state index is 0.0393. The van der Waals surface area contributed by atoms with Gasteiger partial charge in [-0.25, -0.2) is 4.18 Å². The number of aromatic hydroxyl groups is 2. The van der Waals surface area contributed by atoms with E-state index in [2.05, 4.69) is 4.18 Å². The number of phenolic OH excluding ortho intramolecular Hbond substituents is 2. The summed E-state index contributed by atoms with van der Waals surface area (Å²) < 4.78 is 45.9. The van der Waals surface area contributed by atoms with Gasteiger partial charge in [-0.3, -0.25) is 4.55 Å².